The molecule has 0 aliphatic carbocycles. The van der Waals surface area contributed by atoms with Crippen molar-refractivity contribution in [3.8, 4) is 0 Å². The maximum Gasteiger partial charge on any atom is 0.240 e. The maximum absolute atomic E-state index is 12.5. The molecule has 0 radical (unpaired) electrons. The molecule has 0 amide bonds. The highest BCUT2D eigenvalue weighted by Crippen LogP contribution is 2.23. The zero-order valence-electron chi connectivity index (χ0n) is 10.1. The van der Waals surface area contributed by atoms with E-state index in [1.165, 1.54) is 0 Å². The third-order valence-electron chi connectivity index (χ3n) is 3.06. The third kappa shape index (κ3) is 3.03. The lowest BCUT2D eigenvalue weighted by molar-refractivity contribution is 0.121. The minimum absolute atomic E-state index is 0.150. The molecule has 1 aliphatic heterocycles. The molecular weight excluding hydrogens is 224 g/mol. The number of nitrogens with zero attached hydrogens (tertiary/aromatic N) is 2. The average Bonchev–Trinajstić information content (AvgIpc) is 2.58. The first-order valence-electron chi connectivity index (χ1n) is 6.28. The van der Waals surface area contributed by atoms with Gasteiger partial charge in [0.2, 0.25) is 6.43 Å². The number of rotatable bonds is 4. The van der Waals surface area contributed by atoms with Gasteiger partial charge in [-0.15, -0.1) is 0 Å². The van der Waals surface area contributed by atoms with Gasteiger partial charge in [0.25, 0.3) is 0 Å². The van der Waals surface area contributed by atoms with Crippen molar-refractivity contribution in [1.82, 2.24) is 14.9 Å². The van der Waals surface area contributed by atoms with E-state index >= 15 is 0 Å². The fourth-order valence-electron chi connectivity index (χ4n) is 2.30. The lowest BCUT2D eigenvalue weighted by Crippen LogP contribution is -2.24. The third-order valence-corrected chi connectivity index (χ3v) is 3.06. The van der Waals surface area contributed by atoms with Gasteiger partial charge in [0.1, 0.15) is 5.82 Å². The second-order valence-corrected chi connectivity index (χ2v) is 4.52. The molecule has 0 spiro atoms. The van der Waals surface area contributed by atoms with Crippen LogP contribution in [0.5, 0.6) is 0 Å². The molecule has 2 heterocycles. The molecule has 1 aliphatic rings. The molecule has 0 saturated heterocycles. The van der Waals surface area contributed by atoms with Crippen LogP contribution in [-0.2, 0) is 13.0 Å². The summed E-state index contributed by atoms with van der Waals surface area (Å²) in [5.74, 6) is 0.784. The number of alkyl halides is 2. The Bertz CT molecular complexity index is 363. The first-order valence-corrected chi connectivity index (χ1v) is 6.28. The Morgan fingerprint density at radius 2 is 2.41 bits per heavy atom. The van der Waals surface area contributed by atoms with Crippen molar-refractivity contribution >= 4 is 0 Å². The van der Waals surface area contributed by atoms with Gasteiger partial charge in [0.05, 0.1) is 11.7 Å². The molecule has 2 rings (SSSR count). The molecule has 0 saturated carbocycles. The number of imidazole rings is 1. The molecule has 96 valence electrons. The number of aryl methyl sites for hydroxylation is 2. The Morgan fingerprint density at radius 3 is 3.12 bits per heavy atom. The first-order chi connectivity index (χ1) is 8.20. The number of halogens is 2. The zero-order chi connectivity index (χ0) is 12.3. The van der Waals surface area contributed by atoms with Crippen LogP contribution in [-0.4, -0.2) is 22.5 Å². The normalized spacial score (nSPS) is 20.4. The predicted molar refractivity (Wildman–Crippen MR) is 62.2 cm³/mol. The van der Waals surface area contributed by atoms with Gasteiger partial charge in [-0.2, -0.15) is 0 Å². The number of hydrogen-bond donors (Lipinski definition) is 1. The standard InChI is InChI=1S/C12H19F2N3/c1-2-4-9-8-17-6-3-5-15-10(7-11(13)14)12(17)16-9/h8,10-11,15H,2-7H2,1H3. The summed E-state index contributed by atoms with van der Waals surface area (Å²) in [5.41, 5.74) is 1.02. The van der Waals surface area contributed by atoms with E-state index in [0.29, 0.717) is 0 Å². The van der Waals surface area contributed by atoms with Gasteiger partial charge in [0, 0.05) is 19.2 Å². The van der Waals surface area contributed by atoms with E-state index in [9.17, 15) is 8.78 Å². The summed E-state index contributed by atoms with van der Waals surface area (Å²) in [6.07, 6.45) is 2.50. The smallest absolute Gasteiger partial charge is 0.240 e. The van der Waals surface area contributed by atoms with E-state index < -0.39 is 6.43 Å². The first kappa shape index (κ1) is 12.5. The van der Waals surface area contributed by atoms with Crippen molar-refractivity contribution in [2.75, 3.05) is 6.54 Å². The monoisotopic (exact) mass is 243 g/mol. The Balaban J connectivity index is 2.20. The van der Waals surface area contributed by atoms with Crippen LogP contribution in [0.3, 0.4) is 0 Å². The van der Waals surface area contributed by atoms with Crippen molar-refractivity contribution in [1.29, 1.82) is 0 Å². The Hall–Kier alpha value is -0.970. The second kappa shape index (κ2) is 5.58. The van der Waals surface area contributed by atoms with E-state index in [1.807, 2.05) is 10.8 Å². The molecule has 1 aromatic rings. The van der Waals surface area contributed by atoms with E-state index in [-0.39, 0.29) is 12.5 Å². The molecule has 0 aromatic carbocycles. The van der Waals surface area contributed by atoms with Crippen molar-refractivity contribution in [2.45, 2.75) is 51.6 Å². The van der Waals surface area contributed by atoms with Crippen molar-refractivity contribution in [3.05, 3.63) is 17.7 Å². The molecule has 0 fully saturated rings. The number of nitrogens with one attached hydrogen (secondary N) is 1. The summed E-state index contributed by atoms with van der Waals surface area (Å²) in [7, 11) is 0. The van der Waals surface area contributed by atoms with Gasteiger partial charge < -0.3 is 9.88 Å². The molecule has 1 atom stereocenters. The van der Waals surface area contributed by atoms with E-state index in [1.54, 1.807) is 0 Å². The summed E-state index contributed by atoms with van der Waals surface area (Å²) in [4.78, 5) is 4.50. The average molecular weight is 243 g/mol. The second-order valence-electron chi connectivity index (χ2n) is 4.52. The maximum atomic E-state index is 12.5. The topological polar surface area (TPSA) is 29.9 Å². The minimum atomic E-state index is -2.29. The van der Waals surface area contributed by atoms with E-state index in [2.05, 4.69) is 17.2 Å². The van der Waals surface area contributed by atoms with Crippen LogP contribution in [0.2, 0.25) is 0 Å². The lowest BCUT2D eigenvalue weighted by atomic mass is 10.2. The molecule has 1 N–H and O–H groups in total. The molecule has 0 bridgehead atoms. The van der Waals surface area contributed by atoms with Crippen molar-refractivity contribution < 1.29 is 8.78 Å². The fourth-order valence-corrected chi connectivity index (χ4v) is 2.30. The van der Waals surface area contributed by atoms with Crippen LogP contribution in [0.4, 0.5) is 8.78 Å². The van der Waals surface area contributed by atoms with E-state index in [0.717, 1.165) is 43.9 Å². The predicted octanol–water partition coefficient (Wildman–Crippen LogP) is 2.53. The van der Waals surface area contributed by atoms with Gasteiger partial charge in [-0.05, 0) is 19.4 Å². The highest BCUT2D eigenvalue weighted by molar-refractivity contribution is 5.09. The number of fused-ring (bicyclic) bond motifs is 1. The number of hydrogen-bond acceptors (Lipinski definition) is 2. The summed E-state index contributed by atoms with van der Waals surface area (Å²) >= 11 is 0. The Morgan fingerprint density at radius 1 is 1.59 bits per heavy atom. The molecule has 17 heavy (non-hydrogen) atoms. The lowest BCUT2D eigenvalue weighted by Gasteiger charge is -2.15. The molecule has 1 aromatic heterocycles. The van der Waals surface area contributed by atoms with Crippen molar-refractivity contribution in [3.63, 3.8) is 0 Å². The summed E-state index contributed by atoms with van der Waals surface area (Å²) in [6, 6.07) is -0.303. The van der Waals surface area contributed by atoms with Crippen LogP contribution >= 0.6 is 0 Å². The summed E-state index contributed by atoms with van der Waals surface area (Å²) in [5, 5.41) is 3.16. The van der Waals surface area contributed by atoms with Gasteiger partial charge in [-0.1, -0.05) is 13.3 Å². The van der Waals surface area contributed by atoms with Crippen LogP contribution in [0.25, 0.3) is 0 Å². The van der Waals surface area contributed by atoms with Crippen LogP contribution < -0.4 is 5.32 Å². The molecule has 5 heteroatoms. The van der Waals surface area contributed by atoms with E-state index in [4.69, 9.17) is 0 Å². The molecule has 1 unspecified atom stereocenters. The van der Waals surface area contributed by atoms with Crippen molar-refractivity contribution in [2.24, 2.45) is 0 Å². The zero-order valence-corrected chi connectivity index (χ0v) is 10.1. The largest absolute Gasteiger partial charge is 0.333 e. The Labute approximate surface area is 100 Å². The molecule has 3 nitrogen and oxygen atoms in total. The summed E-state index contributed by atoms with van der Waals surface area (Å²) < 4.78 is 27.1. The SMILES string of the molecule is CCCc1cn2c(n1)C(CC(F)F)NCCC2. The van der Waals surface area contributed by atoms with Crippen LogP contribution in [0, 0.1) is 0 Å². The van der Waals surface area contributed by atoms with Gasteiger partial charge in [-0.3, -0.25) is 0 Å². The van der Waals surface area contributed by atoms with Crippen LogP contribution in [0.15, 0.2) is 6.20 Å². The van der Waals surface area contributed by atoms with Gasteiger partial charge in [-0.25, -0.2) is 13.8 Å². The quantitative estimate of drug-likeness (QED) is 0.880. The highest BCUT2D eigenvalue weighted by Gasteiger charge is 2.24. The Kier molecular flexibility index (Phi) is 4.10. The van der Waals surface area contributed by atoms with Crippen LogP contribution in [0.1, 0.15) is 43.7 Å². The minimum Gasteiger partial charge on any atom is -0.333 e. The fraction of sp³-hybridized carbons (Fsp3) is 0.750. The summed E-state index contributed by atoms with van der Waals surface area (Å²) in [6.45, 7) is 3.75. The highest BCUT2D eigenvalue weighted by atomic mass is 19.3. The number of aromatic nitrogens is 2. The van der Waals surface area contributed by atoms with Gasteiger partial charge >= 0.3 is 0 Å². The van der Waals surface area contributed by atoms with Gasteiger partial charge in [0.15, 0.2) is 0 Å². The molecular formula is C12H19F2N3.